The lowest BCUT2D eigenvalue weighted by molar-refractivity contribution is -0.141. The Morgan fingerprint density at radius 2 is 2.10 bits per heavy atom. The number of rotatable bonds is 4. The van der Waals surface area contributed by atoms with E-state index >= 15 is 0 Å². The zero-order chi connectivity index (χ0) is 15.3. The molecule has 0 heterocycles. The van der Waals surface area contributed by atoms with E-state index in [-0.39, 0.29) is 10.6 Å². The van der Waals surface area contributed by atoms with Crippen molar-refractivity contribution in [1.82, 2.24) is 5.32 Å². The van der Waals surface area contributed by atoms with E-state index in [4.69, 9.17) is 22.0 Å². The Hall–Kier alpha value is -2.30. The summed E-state index contributed by atoms with van der Waals surface area (Å²) in [6.07, 6.45) is -1.25. The average molecular weight is 298 g/mol. The number of carbonyl (C=O) groups excluding carboxylic acids is 1. The van der Waals surface area contributed by atoms with Crippen LogP contribution in [0, 0.1) is 11.3 Å². The maximum atomic E-state index is 11.6. The molecule has 0 aliphatic rings. The predicted octanol–water partition coefficient (Wildman–Crippen LogP) is 1.17. The van der Waals surface area contributed by atoms with Crippen molar-refractivity contribution in [2.45, 2.75) is 19.1 Å². The highest BCUT2D eigenvalue weighted by Gasteiger charge is 2.24. The molecule has 20 heavy (non-hydrogen) atoms. The maximum Gasteiger partial charge on any atom is 0.328 e. The van der Waals surface area contributed by atoms with Gasteiger partial charge in [-0.05, 0) is 25.1 Å². The Balaban J connectivity index is 2.74. The SMILES string of the molecule is CC(O)C(NC(=O)Nc1ccc(C#N)c(Cl)c1)C(=O)O. The zero-order valence-corrected chi connectivity index (χ0v) is 11.2. The summed E-state index contributed by atoms with van der Waals surface area (Å²) < 4.78 is 0. The summed E-state index contributed by atoms with van der Waals surface area (Å²) in [6, 6.07) is 3.86. The van der Waals surface area contributed by atoms with E-state index < -0.39 is 24.1 Å². The number of anilines is 1. The highest BCUT2D eigenvalue weighted by molar-refractivity contribution is 6.32. The summed E-state index contributed by atoms with van der Waals surface area (Å²) in [5.41, 5.74) is 0.547. The van der Waals surface area contributed by atoms with E-state index in [0.29, 0.717) is 5.69 Å². The number of aliphatic hydroxyl groups excluding tert-OH is 1. The van der Waals surface area contributed by atoms with Crippen molar-refractivity contribution in [3.05, 3.63) is 28.8 Å². The molecule has 0 saturated heterocycles. The van der Waals surface area contributed by atoms with Gasteiger partial charge in [0.1, 0.15) is 6.07 Å². The van der Waals surface area contributed by atoms with Gasteiger partial charge in [0.2, 0.25) is 0 Å². The van der Waals surface area contributed by atoms with Crippen LogP contribution in [-0.2, 0) is 4.79 Å². The Kier molecular flexibility index (Phi) is 5.32. The molecule has 0 spiro atoms. The zero-order valence-electron chi connectivity index (χ0n) is 10.4. The van der Waals surface area contributed by atoms with Crippen LogP contribution in [0.3, 0.4) is 0 Å². The van der Waals surface area contributed by atoms with Crippen molar-refractivity contribution in [2.24, 2.45) is 0 Å². The molecule has 2 atom stereocenters. The van der Waals surface area contributed by atoms with Crippen LogP contribution < -0.4 is 10.6 Å². The molecule has 0 bridgehead atoms. The molecule has 1 rings (SSSR count). The monoisotopic (exact) mass is 297 g/mol. The summed E-state index contributed by atoms with van der Waals surface area (Å²) in [6.45, 7) is 1.25. The molecule has 1 aromatic rings. The third-order valence-corrected chi connectivity index (χ3v) is 2.70. The summed E-state index contributed by atoms with van der Waals surface area (Å²) in [7, 11) is 0. The average Bonchev–Trinajstić information content (AvgIpc) is 2.35. The largest absolute Gasteiger partial charge is 0.480 e. The van der Waals surface area contributed by atoms with Crippen molar-refractivity contribution in [3.63, 3.8) is 0 Å². The molecule has 7 nitrogen and oxygen atoms in total. The van der Waals surface area contributed by atoms with Crippen LogP contribution in [0.4, 0.5) is 10.5 Å². The lowest BCUT2D eigenvalue weighted by atomic mass is 10.2. The number of hydrogen-bond donors (Lipinski definition) is 4. The van der Waals surface area contributed by atoms with E-state index in [1.54, 1.807) is 0 Å². The molecule has 8 heteroatoms. The second-order valence-corrected chi connectivity index (χ2v) is 4.37. The molecule has 0 radical (unpaired) electrons. The minimum absolute atomic E-state index is 0.163. The smallest absolute Gasteiger partial charge is 0.328 e. The van der Waals surface area contributed by atoms with Gasteiger partial charge < -0.3 is 20.8 Å². The molecule has 0 aliphatic heterocycles. The van der Waals surface area contributed by atoms with Crippen molar-refractivity contribution in [2.75, 3.05) is 5.32 Å². The van der Waals surface area contributed by atoms with Crippen LogP contribution in [0.15, 0.2) is 18.2 Å². The fraction of sp³-hybridized carbons (Fsp3) is 0.250. The van der Waals surface area contributed by atoms with Gasteiger partial charge in [-0.15, -0.1) is 0 Å². The number of nitriles is 1. The van der Waals surface area contributed by atoms with E-state index in [1.807, 2.05) is 6.07 Å². The van der Waals surface area contributed by atoms with Gasteiger partial charge in [0.05, 0.1) is 16.7 Å². The van der Waals surface area contributed by atoms with Crippen molar-refractivity contribution >= 4 is 29.3 Å². The lowest BCUT2D eigenvalue weighted by Crippen LogP contribution is -2.49. The van der Waals surface area contributed by atoms with Crippen LogP contribution in [0.5, 0.6) is 0 Å². The molecule has 0 fully saturated rings. The highest BCUT2D eigenvalue weighted by atomic mass is 35.5. The number of halogens is 1. The van der Waals surface area contributed by atoms with Gasteiger partial charge in [0.25, 0.3) is 0 Å². The highest BCUT2D eigenvalue weighted by Crippen LogP contribution is 2.20. The normalized spacial score (nSPS) is 12.9. The minimum atomic E-state index is -1.43. The fourth-order valence-electron chi connectivity index (χ4n) is 1.38. The number of carbonyl (C=O) groups is 2. The maximum absolute atomic E-state index is 11.6. The van der Waals surface area contributed by atoms with Gasteiger partial charge >= 0.3 is 12.0 Å². The number of carboxylic acids is 1. The summed E-state index contributed by atoms with van der Waals surface area (Å²) in [5.74, 6) is -1.35. The lowest BCUT2D eigenvalue weighted by Gasteiger charge is -2.17. The van der Waals surface area contributed by atoms with E-state index in [0.717, 1.165) is 0 Å². The summed E-state index contributed by atoms with van der Waals surface area (Å²) in [4.78, 5) is 22.4. The van der Waals surface area contributed by atoms with Gasteiger partial charge in [-0.25, -0.2) is 9.59 Å². The molecule has 0 aliphatic carbocycles. The second kappa shape index (κ2) is 6.75. The Labute approximate surface area is 119 Å². The summed E-state index contributed by atoms with van der Waals surface area (Å²) in [5, 5.41) is 31.4. The van der Waals surface area contributed by atoms with E-state index in [9.17, 15) is 14.7 Å². The van der Waals surface area contributed by atoms with E-state index in [1.165, 1.54) is 25.1 Å². The van der Waals surface area contributed by atoms with Crippen molar-refractivity contribution < 1.29 is 19.8 Å². The Morgan fingerprint density at radius 1 is 1.45 bits per heavy atom. The first-order valence-corrected chi connectivity index (χ1v) is 5.91. The molecule has 2 amide bonds. The minimum Gasteiger partial charge on any atom is -0.480 e. The number of benzene rings is 1. The third-order valence-electron chi connectivity index (χ3n) is 2.38. The molecular weight excluding hydrogens is 286 g/mol. The first-order chi connectivity index (χ1) is 9.35. The number of aliphatic hydroxyl groups is 1. The van der Waals surface area contributed by atoms with Gasteiger partial charge in [-0.3, -0.25) is 0 Å². The molecule has 4 N–H and O–H groups in total. The summed E-state index contributed by atoms with van der Waals surface area (Å²) >= 11 is 5.79. The molecular formula is C12H12ClN3O4. The molecule has 0 aromatic heterocycles. The molecule has 1 aromatic carbocycles. The first-order valence-electron chi connectivity index (χ1n) is 5.53. The standard InChI is InChI=1S/C12H12ClN3O4/c1-6(17)10(11(18)19)16-12(20)15-8-3-2-7(5-14)9(13)4-8/h2-4,6,10,17H,1H3,(H,18,19)(H2,15,16,20). The van der Waals surface area contributed by atoms with Crippen LogP contribution in [-0.4, -0.2) is 34.4 Å². The molecule has 2 unspecified atom stereocenters. The number of nitrogens with one attached hydrogen (secondary N) is 2. The second-order valence-electron chi connectivity index (χ2n) is 3.96. The molecule has 106 valence electrons. The molecule has 0 saturated carbocycles. The van der Waals surface area contributed by atoms with Gasteiger partial charge in [0.15, 0.2) is 6.04 Å². The topological polar surface area (TPSA) is 122 Å². The van der Waals surface area contributed by atoms with Crippen LogP contribution in [0.25, 0.3) is 0 Å². The first kappa shape index (κ1) is 15.8. The van der Waals surface area contributed by atoms with Crippen LogP contribution >= 0.6 is 11.6 Å². The fourth-order valence-corrected chi connectivity index (χ4v) is 1.60. The van der Waals surface area contributed by atoms with Gasteiger partial charge in [-0.2, -0.15) is 5.26 Å². The number of amides is 2. The Morgan fingerprint density at radius 3 is 2.55 bits per heavy atom. The van der Waals surface area contributed by atoms with E-state index in [2.05, 4.69) is 10.6 Å². The number of aliphatic carboxylic acids is 1. The number of urea groups is 1. The predicted molar refractivity (Wildman–Crippen MR) is 71.4 cm³/mol. The van der Waals surface area contributed by atoms with Crippen LogP contribution in [0.2, 0.25) is 5.02 Å². The van der Waals surface area contributed by atoms with Crippen molar-refractivity contribution in [1.29, 1.82) is 5.26 Å². The third kappa shape index (κ3) is 4.12. The van der Waals surface area contributed by atoms with Crippen molar-refractivity contribution in [3.8, 4) is 6.07 Å². The number of carboxylic acid groups (broad SMARTS) is 1. The van der Waals surface area contributed by atoms with Gasteiger partial charge in [0, 0.05) is 5.69 Å². The van der Waals surface area contributed by atoms with Crippen LogP contribution in [0.1, 0.15) is 12.5 Å². The van der Waals surface area contributed by atoms with Gasteiger partial charge in [-0.1, -0.05) is 11.6 Å². The number of nitrogens with zero attached hydrogens (tertiary/aromatic N) is 1. The Bertz CT molecular complexity index is 568. The number of hydrogen-bond acceptors (Lipinski definition) is 4. The quantitative estimate of drug-likeness (QED) is 0.664.